The lowest BCUT2D eigenvalue weighted by molar-refractivity contribution is -0.124. The first-order valence-corrected chi connectivity index (χ1v) is 8.45. The van der Waals surface area contributed by atoms with Crippen molar-refractivity contribution in [2.45, 2.75) is 38.3 Å². The Bertz CT molecular complexity index is 622. The van der Waals surface area contributed by atoms with E-state index in [1.54, 1.807) is 12.1 Å². The molecule has 0 saturated carbocycles. The highest BCUT2D eigenvalue weighted by atomic mass is 35.5. The summed E-state index contributed by atoms with van der Waals surface area (Å²) in [6.45, 7) is 6.01. The highest BCUT2D eigenvalue weighted by Gasteiger charge is 2.27. The summed E-state index contributed by atoms with van der Waals surface area (Å²) in [5.74, 6) is -0.225. The predicted molar refractivity (Wildman–Crippen MR) is 93.8 cm³/mol. The first kappa shape index (κ1) is 21.9. The number of nitrogens with zero attached hydrogens (tertiary/aromatic N) is 1. The van der Waals surface area contributed by atoms with Crippen LogP contribution in [0.5, 0.6) is 0 Å². The molecule has 0 fully saturated rings. The number of carbonyl (C=O) groups is 1. The molecule has 132 valence electrons. The van der Waals surface area contributed by atoms with Gasteiger partial charge in [-0.05, 0) is 23.1 Å². The molecule has 6 nitrogen and oxygen atoms in total. The lowest BCUT2D eigenvalue weighted by atomic mass is 9.87. The fraction of sp³-hybridized carbons (Fsp3) is 0.533. The van der Waals surface area contributed by atoms with E-state index in [9.17, 15) is 13.2 Å². The summed E-state index contributed by atoms with van der Waals surface area (Å²) >= 11 is 0. The average Bonchev–Trinajstić information content (AvgIpc) is 2.43. The lowest BCUT2D eigenvalue weighted by Gasteiger charge is -2.25. The van der Waals surface area contributed by atoms with Crippen molar-refractivity contribution in [3.8, 4) is 0 Å². The summed E-state index contributed by atoms with van der Waals surface area (Å²) in [5.41, 5.74) is 6.38. The number of halogens is 1. The third-order valence-corrected chi connectivity index (χ3v) is 5.21. The summed E-state index contributed by atoms with van der Waals surface area (Å²) in [6, 6.07) is 5.82. The van der Waals surface area contributed by atoms with E-state index in [0.29, 0.717) is 6.54 Å². The average molecular weight is 364 g/mol. The molecule has 1 atom stereocenters. The first-order valence-electron chi connectivity index (χ1n) is 7.01. The smallest absolute Gasteiger partial charge is 0.242 e. The van der Waals surface area contributed by atoms with E-state index in [0.717, 1.165) is 9.87 Å². The van der Waals surface area contributed by atoms with Crippen molar-refractivity contribution in [3.05, 3.63) is 29.8 Å². The number of rotatable bonds is 5. The number of amides is 1. The molecule has 0 unspecified atom stereocenters. The topological polar surface area (TPSA) is 92.5 Å². The number of nitrogens with one attached hydrogen (secondary N) is 1. The maximum Gasteiger partial charge on any atom is 0.242 e. The highest BCUT2D eigenvalue weighted by Crippen LogP contribution is 2.17. The van der Waals surface area contributed by atoms with Crippen molar-refractivity contribution in [1.82, 2.24) is 9.62 Å². The van der Waals surface area contributed by atoms with Crippen LogP contribution in [0.3, 0.4) is 0 Å². The molecule has 0 aromatic heterocycles. The van der Waals surface area contributed by atoms with Crippen molar-refractivity contribution in [2.75, 3.05) is 14.1 Å². The normalized spacial score (nSPS) is 13.3. The molecule has 0 heterocycles. The quantitative estimate of drug-likeness (QED) is 0.825. The van der Waals surface area contributed by atoms with Crippen LogP contribution in [0.1, 0.15) is 26.3 Å². The number of hydrogen-bond acceptors (Lipinski definition) is 4. The van der Waals surface area contributed by atoms with Crippen LogP contribution < -0.4 is 11.1 Å². The number of hydrogen-bond donors (Lipinski definition) is 2. The fourth-order valence-electron chi connectivity index (χ4n) is 1.68. The maximum absolute atomic E-state index is 11.9. The summed E-state index contributed by atoms with van der Waals surface area (Å²) in [5, 5.41) is 2.76. The van der Waals surface area contributed by atoms with Gasteiger partial charge in [0, 0.05) is 20.6 Å². The molecule has 0 spiro atoms. The molecule has 0 saturated heterocycles. The molecule has 0 aliphatic carbocycles. The Kier molecular flexibility index (Phi) is 7.69. The molecule has 0 radical (unpaired) electrons. The maximum atomic E-state index is 11.9. The third-order valence-electron chi connectivity index (χ3n) is 3.38. The zero-order valence-electron chi connectivity index (χ0n) is 14.2. The van der Waals surface area contributed by atoms with Crippen molar-refractivity contribution in [3.63, 3.8) is 0 Å². The molecule has 3 N–H and O–H groups in total. The van der Waals surface area contributed by atoms with Gasteiger partial charge in [0.15, 0.2) is 0 Å². The fourth-order valence-corrected chi connectivity index (χ4v) is 2.58. The van der Waals surface area contributed by atoms with Crippen molar-refractivity contribution >= 4 is 28.3 Å². The van der Waals surface area contributed by atoms with Crippen LogP contribution in [0.15, 0.2) is 29.2 Å². The molecule has 1 amide bonds. The van der Waals surface area contributed by atoms with Crippen LogP contribution in [0.4, 0.5) is 0 Å². The molecular weight excluding hydrogens is 338 g/mol. The van der Waals surface area contributed by atoms with E-state index in [1.165, 1.54) is 26.2 Å². The van der Waals surface area contributed by atoms with E-state index in [4.69, 9.17) is 5.73 Å². The Morgan fingerprint density at radius 3 is 2.09 bits per heavy atom. The van der Waals surface area contributed by atoms with Crippen molar-refractivity contribution < 1.29 is 13.2 Å². The Morgan fingerprint density at radius 2 is 1.70 bits per heavy atom. The van der Waals surface area contributed by atoms with Crippen LogP contribution in [0.25, 0.3) is 0 Å². The van der Waals surface area contributed by atoms with Gasteiger partial charge in [-0.15, -0.1) is 12.4 Å². The molecule has 1 aromatic carbocycles. The molecule has 23 heavy (non-hydrogen) atoms. The Morgan fingerprint density at radius 1 is 1.22 bits per heavy atom. The van der Waals surface area contributed by atoms with Gasteiger partial charge in [0.25, 0.3) is 0 Å². The van der Waals surface area contributed by atoms with Gasteiger partial charge in [-0.1, -0.05) is 32.9 Å². The number of carbonyl (C=O) groups excluding carboxylic acids is 1. The minimum absolute atomic E-state index is 0. The zero-order valence-corrected chi connectivity index (χ0v) is 15.8. The SMILES string of the molecule is CN(C)S(=O)(=O)c1ccc(CNC(=O)[C@@H](N)C(C)(C)C)cc1.Cl. The van der Waals surface area contributed by atoms with E-state index in [2.05, 4.69) is 5.32 Å². The monoisotopic (exact) mass is 363 g/mol. The summed E-state index contributed by atoms with van der Waals surface area (Å²) in [7, 11) is -0.465. The van der Waals surface area contributed by atoms with Gasteiger partial charge in [0.05, 0.1) is 10.9 Å². The summed E-state index contributed by atoms with van der Waals surface area (Å²) in [4.78, 5) is 12.2. The summed E-state index contributed by atoms with van der Waals surface area (Å²) in [6.07, 6.45) is 0. The highest BCUT2D eigenvalue weighted by molar-refractivity contribution is 7.89. The minimum Gasteiger partial charge on any atom is -0.351 e. The Balaban J connectivity index is 0.00000484. The number of nitrogens with two attached hydrogens (primary N) is 1. The van der Waals surface area contributed by atoms with Gasteiger partial charge in [-0.3, -0.25) is 4.79 Å². The van der Waals surface area contributed by atoms with E-state index >= 15 is 0 Å². The Hall–Kier alpha value is -1.15. The Labute approximate surface area is 144 Å². The van der Waals surface area contributed by atoms with Crippen molar-refractivity contribution in [2.24, 2.45) is 11.1 Å². The lowest BCUT2D eigenvalue weighted by Crippen LogP contribution is -2.48. The van der Waals surface area contributed by atoms with Crippen LogP contribution in [-0.4, -0.2) is 38.8 Å². The molecule has 1 rings (SSSR count). The second-order valence-corrected chi connectivity index (χ2v) is 8.64. The molecular formula is C15H26ClN3O3S. The van der Waals surface area contributed by atoms with Crippen molar-refractivity contribution in [1.29, 1.82) is 0 Å². The van der Waals surface area contributed by atoms with Crippen LogP contribution in [0, 0.1) is 5.41 Å². The van der Waals surface area contributed by atoms with Gasteiger partial charge < -0.3 is 11.1 Å². The van der Waals surface area contributed by atoms with E-state index < -0.39 is 16.1 Å². The third kappa shape index (κ3) is 5.76. The van der Waals surface area contributed by atoms with E-state index in [-0.39, 0.29) is 28.6 Å². The number of benzene rings is 1. The van der Waals surface area contributed by atoms with Gasteiger partial charge in [0.1, 0.15) is 0 Å². The van der Waals surface area contributed by atoms with Crippen LogP contribution >= 0.6 is 12.4 Å². The van der Waals surface area contributed by atoms with Gasteiger partial charge in [-0.25, -0.2) is 12.7 Å². The predicted octanol–water partition coefficient (Wildman–Crippen LogP) is 1.35. The molecule has 1 aromatic rings. The van der Waals surface area contributed by atoms with Gasteiger partial charge >= 0.3 is 0 Å². The number of sulfonamides is 1. The molecule has 0 aliphatic rings. The first-order chi connectivity index (χ1) is 9.96. The second kappa shape index (κ2) is 8.10. The molecule has 0 aliphatic heterocycles. The second-order valence-electron chi connectivity index (χ2n) is 6.49. The van der Waals surface area contributed by atoms with Crippen LogP contribution in [0.2, 0.25) is 0 Å². The minimum atomic E-state index is -3.43. The van der Waals surface area contributed by atoms with Gasteiger partial charge in [-0.2, -0.15) is 0 Å². The molecule has 0 bridgehead atoms. The molecule has 8 heteroatoms. The van der Waals surface area contributed by atoms with E-state index in [1.807, 2.05) is 20.8 Å². The van der Waals surface area contributed by atoms with Crippen LogP contribution in [-0.2, 0) is 21.4 Å². The zero-order chi connectivity index (χ0) is 17.1. The summed E-state index contributed by atoms with van der Waals surface area (Å²) < 4.78 is 25.1. The standard InChI is InChI=1S/C15H25N3O3S.ClH/c1-15(2,3)13(16)14(19)17-10-11-6-8-12(9-7-11)22(20,21)18(4)5;/h6-9,13H,10,16H2,1-5H3,(H,17,19);1H/t13-;/m1./s1. The van der Waals surface area contributed by atoms with Gasteiger partial charge in [0.2, 0.25) is 15.9 Å². The largest absolute Gasteiger partial charge is 0.351 e.